The topological polar surface area (TPSA) is 119 Å². The molecular weight excluding hydrogens is 492 g/mol. The van der Waals surface area contributed by atoms with Crippen LogP contribution in [-0.2, 0) is 21.2 Å². The van der Waals surface area contributed by atoms with Crippen LogP contribution in [0, 0.1) is 5.41 Å². The number of sulfonamides is 1. The fourth-order valence-corrected chi connectivity index (χ4v) is 6.29. The Morgan fingerprint density at radius 2 is 1.70 bits per heavy atom. The number of carbonyl (C=O) groups excluding carboxylic acids is 2. The van der Waals surface area contributed by atoms with Gasteiger partial charge in [-0.2, -0.15) is 0 Å². The zero-order valence-corrected chi connectivity index (χ0v) is 22.1. The third-order valence-corrected chi connectivity index (χ3v) is 8.99. The Bertz CT molecular complexity index is 1330. The molecule has 10 heteroatoms. The van der Waals surface area contributed by atoms with Gasteiger partial charge in [-0.1, -0.05) is 6.07 Å². The number of anilines is 4. The molecule has 1 spiro atoms. The lowest BCUT2D eigenvalue weighted by Gasteiger charge is -2.35. The number of nitrogens with one attached hydrogen (secondary N) is 2. The van der Waals surface area contributed by atoms with E-state index in [9.17, 15) is 18.0 Å². The van der Waals surface area contributed by atoms with Crippen LogP contribution >= 0.6 is 0 Å². The number of benzene rings is 2. The van der Waals surface area contributed by atoms with Crippen molar-refractivity contribution in [2.24, 2.45) is 5.41 Å². The number of piperidine rings is 1. The number of hydrogen-bond acceptors (Lipinski definition) is 6. The molecule has 9 nitrogen and oxygen atoms in total. The lowest BCUT2D eigenvalue weighted by molar-refractivity contribution is -0.117. The first-order valence-corrected chi connectivity index (χ1v) is 14.5. The van der Waals surface area contributed by atoms with E-state index in [4.69, 9.17) is 5.11 Å². The predicted molar refractivity (Wildman–Crippen MR) is 145 cm³/mol. The van der Waals surface area contributed by atoms with Gasteiger partial charge in [0.1, 0.15) is 0 Å². The number of aliphatic hydroxyl groups excluding tert-OH is 1. The van der Waals surface area contributed by atoms with Crippen LogP contribution in [0.1, 0.15) is 55.5 Å². The third kappa shape index (κ3) is 5.31. The van der Waals surface area contributed by atoms with Crippen LogP contribution in [-0.4, -0.2) is 56.8 Å². The Labute approximate surface area is 217 Å². The Hall–Kier alpha value is -3.11. The molecule has 2 aliphatic heterocycles. The van der Waals surface area contributed by atoms with Gasteiger partial charge in [-0.15, -0.1) is 0 Å². The molecule has 0 radical (unpaired) electrons. The van der Waals surface area contributed by atoms with Gasteiger partial charge < -0.3 is 20.2 Å². The van der Waals surface area contributed by atoms with Crippen LogP contribution in [0.25, 0.3) is 0 Å². The Morgan fingerprint density at radius 1 is 1.03 bits per heavy atom. The molecule has 5 rings (SSSR count). The van der Waals surface area contributed by atoms with Crippen molar-refractivity contribution in [3.05, 3.63) is 47.5 Å². The monoisotopic (exact) mass is 526 g/mol. The van der Waals surface area contributed by atoms with Crippen LogP contribution in [0.2, 0.25) is 0 Å². The molecule has 0 unspecified atom stereocenters. The second-order valence-corrected chi connectivity index (χ2v) is 12.5. The highest BCUT2D eigenvalue weighted by Gasteiger charge is 2.44. The van der Waals surface area contributed by atoms with Gasteiger partial charge in [0, 0.05) is 30.5 Å². The smallest absolute Gasteiger partial charge is 0.257 e. The van der Waals surface area contributed by atoms with Gasteiger partial charge in [-0.3, -0.25) is 14.3 Å². The summed E-state index contributed by atoms with van der Waals surface area (Å²) in [5.41, 5.74) is 4.29. The molecule has 37 heavy (non-hydrogen) atoms. The maximum absolute atomic E-state index is 13.5. The first-order valence-electron chi connectivity index (χ1n) is 12.9. The van der Waals surface area contributed by atoms with Crippen molar-refractivity contribution in [2.45, 2.75) is 52.0 Å². The normalized spacial score (nSPS) is 18.3. The van der Waals surface area contributed by atoms with Crippen LogP contribution in [0.3, 0.4) is 0 Å². The summed E-state index contributed by atoms with van der Waals surface area (Å²) in [4.78, 5) is 29.9. The van der Waals surface area contributed by atoms with E-state index in [2.05, 4.69) is 14.9 Å². The first kappa shape index (κ1) is 25.5. The summed E-state index contributed by atoms with van der Waals surface area (Å²) in [7, 11) is -3.70. The van der Waals surface area contributed by atoms with Gasteiger partial charge in [-0.25, -0.2) is 8.42 Å². The van der Waals surface area contributed by atoms with Crippen molar-refractivity contribution >= 4 is 44.6 Å². The van der Waals surface area contributed by atoms with Crippen LogP contribution in [0.4, 0.5) is 22.7 Å². The van der Waals surface area contributed by atoms with Gasteiger partial charge in [0.15, 0.2) is 0 Å². The van der Waals surface area contributed by atoms with Crippen LogP contribution in [0.5, 0.6) is 0 Å². The fraction of sp³-hybridized carbons (Fsp3) is 0.481. The average molecular weight is 527 g/mol. The summed E-state index contributed by atoms with van der Waals surface area (Å²) in [5, 5.41) is 12.1. The summed E-state index contributed by atoms with van der Waals surface area (Å²) in [6.07, 6.45) is 4.97. The number of fused-ring (bicyclic) bond motifs is 1. The lowest BCUT2D eigenvalue weighted by Crippen LogP contribution is -2.35. The Kier molecular flexibility index (Phi) is 6.66. The van der Waals surface area contributed by atoms with E-state index in [0.717, 1.165) is 37.2 Å². The standard InChI is InChI=1S/C27H34N4O5S/c1-18(2)31-23-16-20(4-3-19(23)15-25(31)33)28-26(34)22-6-5-21(29-37(35,36)14-13-32)17-24(22)30-11-9-27(7-8-27)10-12-30/h3-6,16-18,29,32H,7-15H2,1-2H3,(H,28,34). The summed E-state index contributed by atoms with van der Waals surface area (Å²) in [6.45, 7) is 5.06. The van der Waals surface area contributed by atoms with E-state index >= 15 is 0 Å². The Morgan fingerprint density at radius 3 is 2.35 bits per heavy atom. The molecule has 1 saturated heterocycles. The molecule has 2 aromatic carbocycles. The van der Waals surface area contributed by atoms with Crippen molar-refractivity contribution in [3.63, 3.8) is 0 Å². The molecule has 0 bridgehead atoms. The molecule has 3 N–H and O–H groups in total. The second-order valence-electron chi connectivity index (χ2n) is 10.7. The van der Waals surface area contributed by atoms with Crippen molar-refractivity contribution in [2.75, 3.05) is 45.3 Å². The molecule has 3 aliphatic rings. The average Bonchev–Trinajstić information content (AvgIpc) is 3.50. The van der Waals surface area contributed by atoms with Gasteiger partial charge in [0.2, 0.25) is 15.9 Å². The molecule has 2 heterocycles. The fourth-order valence-electron chi connectivity index (χ4n) is 5.46. The SMILES string of the molecule is CC(C)N1C(=O)Cc2ccc(NC(=O)c3ccc(NS(=O)(=O)CCO)cc3N3CCC4(CC3)CC4)cc21. The maximum atomic E-state index is 13.5. The third-order valence-electron chi connectivity index (χ3n) is 7.73. The molecule has 0 atom stereocenters. The number of carbonyl (C=O) groups is 2. The van der Waals surface area contributed by atoms with Crippen molar-refractivity contribution in [1.82, 2.24) is 0 Å². The van der Waals surface area contributed by atoms with E-state index in [1.807, 2.05) is 32.0 Å². The van der Waals surface area contributed by atoms with E-state index in [0.29, 0.717) is 34.5 Å². The van der Waals surface area contributed by atoms with E-state index in [-0.39, 0.29) is 17.9 Å². The molecule has 2 fully saturated rings. The lowest BCUT2D eigenvalue weighted by atomic mass is 9.93. The molecule has 2 aromatic rings. The number of aliphatic hydroxyl groups is 1. The van der Waals surface area contributed by atoms with E-state index in [1.54, 1.807) is 23.1 Å². The van der Waals surface area contributed by atoms with Crippen molar-refractivity contribution < 1.29 is 23.1 Å². The minimum atomic E-state index is -3.70. The van der Waals surface area contributed by atoms with Gasteiger partial charge >= 0.3 is 0 Å². The highest BCUT2D eigenvalue weighted by Crippen LogP contribution is 2.54. The number of nitrogens with zero attached hydrogens (tertiary/aromatic N) is 2. The van der Waals surface area contributed by atoms with Crippen molar-refractivity contribution in [3.8, 4) is 0 Å². The van der Waals surface area contributed by atoms with E-state index < -0.39 is 22.4 Å². The number of amides is 2. The number of rotatable bonds is 8. The predicted octanol–water partition coefficient (Wildman–Crippen LogP) is 3.35. The minimum Gasteiger partial charge on any atom is -0.395 e. The van der Waals surface area contributed by atoms with E-state index in [1.165, 1.54) is 12.8 Å². The molecule has 1 aliphatic carbocycles. The highest BCUT2D eigenvalue weighted by molar-refractivity contribution is 7.92. The molecule has 198 valence electrons. The first-order chi connectivity index (χ1) is 17.6. The molecular formula is C27H34N4O5S. The zero-order chi connectivity index (χ0) is 26.4. The largest absolute Gasteiger partial charge is 0.395 e. The molecule has 2 amide bonds. The minimum absolute atomic E-state index is 0.0160. The van der Waals surface area contributed by atoms with Crippen molar-refractivity contribution in [1.29, 1.82) is 0 Å². The Balaban J connectivity index is 1.42. The van der Waals surface area contributed by atoms with Gasteiger partial charge in [0.25, 0.3) is 5.91 Å². The molecule has 1 saturated carbocycles. The van der Waals surface area contributed by atoms with Crippen LogP contribution < -0.4 is 19.8 Å². The van der Waals surface area contributed by atoms with Gasteiger partial charge in [-0.05, 0) is 80.8 Å². The summed E-state index contributed by atoms with van der Waals surface area (Å²) >= 11 is 0. The molecule has 0 aromatic heterocycles. The van der Waals surface area contributed by atoms with Crippen LogP contribution in [0.15, 0.2) is 36.4 Å². The second kappa shape index (κ2) is 9.64. The summed E-state index contributed by atoms with van der Waals surface area (Å²) in [6, 6.07) is 10.5. The van der Waals surface area contributed by atoms with Gasteiger partial charge in [0.05, 0.1) is 35.7 Å². The zero-order valence-electron chi connectivity index (χ0n) is 21.3. The highest BCUT2D eigenvalue weighted by atomic mass is 32.2. The number of hydrogen-bond donors (Lipinski definition) is 3. The summed E-state index contributed by atoms with van der Waals surface area (Å²) in [5.74, 6) is -0.647. The maximum Gasteiger partial charge on any atom is 0.257 e. The quantitative estimate of drug-likeness (QED) is 0.485. The summed E-state index contributed by atoms with van der Waals surface area (Å²) < 4.78 is 27.0.